The molecule has 2 heterocycles. The van der Waals surface area contributed by atoms with Crippen molar-refractivity contribution in [3.05, 3.63) is 33.6 Å². The number of carbonyl (C=O) groups is 1. The number of nitro groups is 1. The van der Waals surface area contributed by atoms with Crippen LogP contribution in [0.15, 0.2) is 12.1 Å². The highest BCUT2D eigenvalue weighted by molar-refractivity contribution is 5.68. The first-order valence-electron chi connectivity index (χ1n) is 7.89. The van der Waals surface area contributed by atoms with Crippen LogP contribution in [0.4, 0.5) is 5.69 Å². The number of carbonyl (C=O) groups excluding carboxylic acids is 1. The summed E-state index contributed by atoms with van der Waals surface area (Å²) in [6.45, 7) is 0.309. The summed E-state index contributed by atoms with van der Waals surface area (Å²) >= 11 is 0. The van der Waals surface area contributed by atoms with E-state index in [4.69, 9.17) is 15.2 Å². The molecule has 0 saturated carbocycles. The van der Waals surface area contributed by atoms with Gasteiger partial charge < -0.3 is 25.3 Å². The molecular weight excluding hydrogens is 362 g/mol. The summed E-state index contributed by atoms with van der Waals surface area (Å²) in [5.41, 5.74) is 5.60. The lowest BCUT2D eigenvalue weighted by atomic mass is 10.0. The van der Waals surface area contributed by atoms with Gasteiger partial charge in [0.25, 0.3) is 5.69 Å². The van der Waals surface area contributed by atoms with Gasteiger partial charge in [0, 0.05) is 13.1 Å². The van der Waals surface area contributed by atoms with Crippen molar-refractivity contribution in [1.82, 2.24) is 25.5 Å². The molecule has 2 aromatic rings. The zero-order valence-electron chi connectivity index (χ0n) is 14.3. The first kappa shape index (κ1) is 18.5. The van der Waals surface area contributed by atoms with E-state index in [0.717, 1.165) is 0 Å². The third-order valence-electron chi connectivity index (χ3n) is 3.85. The summed E-state index contributed by atoms with van der Waals surface area (Å²) in [4.78, 5) is 22.7. The number of fused-ring (bicyclic) bond motifs is 1. The molecule has 0 radical (unpaired) electrons. The van der Waals surface area contributed by atoms with E-state index in [9.17, 15) is 14.9 Å². The minimum Gasteiger partial charge on any atom is -0.468 e. The van der Waals surface area contributed by atoms with Crippen molar-refractivity contribution < 1.29 is 23.9 Å². The van der Waals surface area contributed by atoms with Gasteiger partial charge in [-0.15, -0.1) is 5.10 Å². The molecule has 0 aliphatic carbocycles. The molecule has 1 atom stereocenters. The van der Waals surface area contributed by atoms with Gasteiger partial charge >= 0.3 is 5.97 Å². The number of rotatable bonds is 8. The molecule has 0 spiro atoms. The predicted molar refractivity (Wildman–Crippen MR) is 88.0 cm³/mol. The summed E-state index contributed by atoms with van der Waals surface area (Å²) in [7, 11) is 1.24. The van der Waals surface area contributed by atoms with Crippen molar-refractivity contribution in [2.75, 3.05) is 27.0 Å². The Morgan fingerprint density at radius 1 is 1.48 bits per heavy atom. The van der Waals surface area contributed by atoms with Crippen LogP contribution in [0.1, 0.15) is 17.4 Å². The number of esters is 1. The largest absolute Gasteiger partial charge is 0.468 e. The maximum Gasteiger partial charge on any atom is 0.327 e. The highest BCUT2D eigenvalue weighted by Gasteiger charge is 2.32. The number of benzene rings is 1. The Labute approximate surface area is 152 Å². The maximum absolute atomic E-state index is 11.6. The van der Waals surface area contributed by atoms with Gasteiger partial charge in [0.05, 0.1) is 23.7 Å². The number of nitrogens with two attached hydrogens (primary N) is 1. The van der Waals surface area contributed by atoms with E-state index in [1.807, 2.05) is 0 Å². The molecule has 0 bridgehead atoms. The van der Waals surface area contributed by atoms with Gasteiger partial charge in [0.15, 0.2) is 17.3 Å². The molecule has 144 valence electrons. The van der Waals surface area contributed by atoms with Gasteiger partial charge in [0.1, 0.15) is 12.6 Å². The number of hydrogen-bond acceptors (Lipinski definition) is 11. The van der Waals surface area contributed by atoms with Crippen molar-refractivity contribution in [3.8, 4) is 11.5 Å². The van der Waals surface area contributed by atoms with Crippen molar-refractivity contribution in [1.29, 1.82) is 0 Å². The van der Waals surface area contributed by atoms with Crippen LogP contribution in [0.3, 0.4) is 0 Å². The third-order valence-corrected chi connectivity index (χ3v) is 3.85. The van der Waals surface area contributed by atoms with Crippen molar-refractivity contribution in [2.45, 2.75) is 12.6 Å². The molecule has 1 aromatic carbocycles. The van der Waals surface area contributed by atoms with Gasteiger partial charge in [0.2, 0.25) is 6.79 Å². The Hall–Kier alpha value is -3.32. The molecule has 0 amide bonds. The average molecular weight is 379 g/mol. The zero-order valence-corrected chi connectivity index (χ0v) is 14.3. The van der Waals surface area contributed by atoms with Crippen molar-refractivity contribution in [3.63, 3.8) is 0 Å². The Kier molecular flexibility index (Phi) is 5.42. The summed E-state index contributed by atoms with van der Waals surface area (Å²) < 4.78 is 16.4. The minimum absolute atomic E-state index is 0.0308. The second-order valence-corrected chi connectivity index (χ2v) is 5.47. The van der Waals surface area contributed by atoms with Crippen LogP contribution in [0, 0.1) is 10.1 Å². The Balaban J connectivity index is 2.08. The molecule has 1 aliphatic rings. The SMILES string of the molecule is COC(=O)Cn1nnnc1C(NCCN)c1cc2c(cc1[N+](=O)[O-])OCO2. The van der Waals surface area contributed by atoms with E-state index < -0.39 is 16.9 Å². The predicted octanol–water partition coefficient (Wildman–Crippen LogP) is -0.879. The Morgan fingerprint density at radius 2 is 2.22 bits per heavy atom. The van der Waals surface area contributed by atoms with Crippen LogP contribution in [-0.2, 0) is 16.1 Å². The van der Waals surface area contributed by atoms with Crippen LogP contribution in [-0.4, -0.2) is 58.1 Å². The molecule has 1 unspecified atom stereocenters. The fraction of sp³-hybridized carbons (Fsp3) is 0.429. The lowest BCUT2D eigenvalue weighted by molar-refractivity contribution is -0.385. The maximum atomic E-state index is 11.6. The molecule has 3 rings (SSSR count). The summed E-state index contributed by atoms with van der Waals surface area (Å²) in [6, 6.07) is 1.96. The van der Waals surface area contributed by atoms with E-state index in [-0.39, 0.29) is 42.7 Å². The zero-order chi connectivity index (χ0) is 19.4. The van der Waals surface area contributed by atoms with Crippen molar-refractivity contribution in [2.24, 2.45) is 5.73 Å². The Bertz CT molecular complexity index is 854. The van der Waals surface area contributed by atoms with Crippen LogP contribution in [0.25, 0.3) is 0 Å². The van der Waals surface area contributed by atoms with E-state index in [0.29, 0.717) is 12.3 Å². The molecule has 1 aliphatic heterocycles. The van der Waals surface area contributed by atoms with Gasteiger partial charge in [-0.25, -0.2) is 4.68 Å². The molecule has 13 nitrogen and oxygen atoms in total. The quantitative estimate of drug-likeness (QED) is 0.332. The Morgan fingerprint density at radius 3 is 2.89 bits per heavy atom. The first-order chi connectivity index (χ1) is 13.0. The molecule has 0 saturated heterocycles. The van der Waals surface area contributed by atoms with Crippen molar-refractivity contribution >= 4 is 11.7 Å². The number of nitro benzene ring substituents is 1. The van der Waals surface area contributed by atoms with Gasteiger partial charge in [-0.3, -0.25) is 14.9 Å². The van der Waals surface area contributed by atoms with Crippen LogP contribution < -0.4 is 20.5 Å². The smallest absolute Gasteiger partial charge is 0.327 e. The minimum atomic E-state index is -0.817. The standard InChI is InChI=1S/C14H17N7O6/c1-25-12(22)6-20-14(17-18-19-20)13(16-3-2-15)8-4-10-11(27-7-26-10)5-9(8)21(23)24/h4-5,13,16H,2-3,6-7,15H2,1H3. The fourth-order valence-electron chi connectivity index (χ4n) is 2.62. The van der Waals surface area contributed by atoms with Crippen LogP contribution >= 0.6 is 0 Å². The fourth-order valence-corrected chi connectivity index (χ4v) is 2.62. The normalized spacial score (nSPS) is 13.4. The number of hydrogen-bond donors (Lipinski definition) is 2. The highest BCUT2D eigenvalue weighted by atomic mass is 16.7. The third kappa shape index (κ3) is 3.78. The first-order valence-corrected chi connectivity index (χ1v) is 7.89. The number of aromatic nitrogens is 4. The van der Waals surface area contributed by atoms with E-state index in [1.165, 1.54) is 23.9 Å². The molecule has 13 heteroatoms. The summed E-state index contributed by atoms with van der Waals surface area (Å²) in [5.74, 6) is 0.261. The molecular formula is C14H17N7O6. The number of nitrogens with zero attached hydrogens (tertiary/aromatic N) is 5. The van der Waals surface area contributed by atoms with Gasteiger partial charge in [-0.05, 0) is 16.5 Å². The summed E-state index contributed by atoms with van der Waals surface area (Å²) in [6.07, 6.45) is 0. The number of nitrogens with one attached hydrogen (secondary N) is 1. The average Bonchev–Trinajstić information content (AvgIpc) is 3.30. The second-order valence-electron chi connectivity index (χ2n) is 5.47. The lowest BCUT2D eigenvalue weighted by Crippen LogP contribution is -2.31. The van der Waals surface area contributed by atoms with E-state index >= 15 is 0 Å². The van der Waals surface area contributed by atoms with E-state index in [2.05, 4.69) is 25.6 Å². The molecule has 1 aromatic heterocycles. The van der Waals surface area contributed by atoms with Gasteiger partial charge in [-0.2, -0.15) is 0 Å². The lowest BCUT2D eigenvalue weighted by Gasteiger charge is -2.18. The number of methoxy groups -OCH3 is 1. The molecule has 3 N–H and O–H groups in total. The highest BCUT2D eigenvalue weighted by Crippen LogP contribution is 2.41. The summed E-state index contributed by atoms with van der Waals surface area (Å²) in [5, 5.41) is 25.9. The van der Waals surface area contributed by atoms with Crippen LogP contribution in [0.2, 0.25) is 0 Å². The monoisotopic (exact) mass is 379 g/mol. The number of ether oxygens (including phenoxy) is 3. The topological polar surface area (TPSA) is 170 Å². The molecule has 27 heavy (non-hydrogen) atoms. The molecule has 0 fully saturated rings. The number of tetrazole rings is 1. The second kappa shape index (κ2) is 7.92. The van der Waals surface area contributed by atoms with E-state index in [1.54, 1.807) is 0 Å². The van der Waals surface area contributed by atoms with Gasteiger partial charge in [-0.1, -0.05) is 0 Å². The van der Waals surface area contributed by atoms with Crippen LogP contribution in [0.5, 0.6) is 11.5 Å².